The van der Waals surface area contributed by atoms with Gasteiger partial charge in [0.15, 0.2) is 0 Å². The first-order chi connectivity index (χ1) is 9.08. The van der Waals surface area contributed by atoms with Gasteiger partial charge in [0.25, 0.3) is 0 Å². The summed E-state index contributed by atoms with van der Waals surface area (Å²) in [4.78, 5) is 2.24. The lowest BCUT2D eigenvalue weighted by molar-refractivity contribution is 0.283. The summed E-state index contributed by atoms with van der Waals surface area (Å²) in [6.45, 7) is 6.32. The third-order valence-corrected chi connectivity index (χ3v) is 3.26. The zero-order valence-electron chi connectivity index (χ0n) is 11.9. The Hall–Kier alpha value is -1.58. The van der Waals surface area contributed by atoms with Crippen molar-refractivity contribution in [1.82, 2.24) is 4.90 Å². The summed E-state index contributed by atoms with van der Waals surface area (Å²) in [5.41, 5.74) is 9.37. The van der Waals surface area contributed by atoms with Gasteiger partial charge in [-0.05, 0) is 38.1 Å². The summed E-state index contributed by atoms with van der Waals surface area (Å²) < 4.78 is 5.72. The Bertz CT molecular complexity index is 528. The van der Waals surface area contributed by atoms with Gasteiger partial charge in [0.05, 0.1) is 13.1 Å². The highest BCUT2D eigenvalue weighted by Crippen LogP contribution is 2.16. The van der Waals surface area contributed by atoms with Crippen LogP contribution in [0.25, 0.3) is 0 Å². The minimum absolute atomic E-state index is 0.466. The van der Waals surface area contributed by atoms with Gasteiger partial charge in [-0.15, -0.1) is 0 Å². The van der Waals surface area contributed by atoms with Crippen molar-refractivity contribution in [3.63, 3.8) is 0 Å². The van der Waals surface area contributed by atoms with Crippen LogP contribution in [0, 0.1) is 13.8 Å². The van der Waals surface area contributed by atoms with Crippen molar-refractivity contribution in [2.45, 2.75) is 33.5 Å². The highest BCUT2D eigenvalue weighted by molar-refractivity contribution is 5.22. The molecule has 102 valence electrons. The van der Waals surface area contributed by atoms with E-state index in [4.69, 9.17) is 10.2 Å². The number of nitrogens with two attached hydrogens (primary N) is 1. The lowest BCUT2D eigenvalue weighted by atomic mass is 10.1. The molecule has 1 aromatic carbocycles. The second kappa shape index (κ2) is 6.04. The van der Waals surface area contributed by atoms with E-state index in [-0.39, 0.29) is 0 Å². The van der Waals surface area contributed by atoms with E-state index < -0.39 is 0 Å². The summed E-state index contributed by atoms with van der Waals surface area (Å²) in [6.07, 6.45) is 0. The molecule has 0 aliphatic rings. The summed E-state index contributed by atoms with van der Waals surface area (Å²) >= 11 is 0. The van der Waals surface area contributed by atoms with Crippen molar-refractivity contribution in [2.24, 2.45) is 5.73 Å². The predicted molar refractivity (Wildman–Crippen MR) is 77.7 cm³/mol. The van der Waals surface area contributed by atoms with Gasteiger partial charge in [-0.2, -0.15) is 0 Å². The van der Waals surface area contributed by atoms with E-state index in [1.165, 1.54) is 11.1 Å². The fourth-order valence-electron chi connectivity index (χ4n) is 2.20. The van der Waals surface area contributed by atoms with Gasteiger partial charge in [0, 0.05) is 6.54 Å². The summed E-state index contributed by atoms with van der Waals surface area (Å²) in [7, 11) is 2.10. The van der Waals surface area contributed by atoms with Crippen molar-refractivity contribution in [2.75, 3.05) is 7.05 Å². The third-order valence-electron chi connectivity index (χ3n) is 3.26. The van der Waals surface area contributed by atoms with Gasteiger partial charge in [-0.25, -0.2) is 0 Å². The van der Waals surface area contributed by atoms with Crippen LogP contribution in [0.2, 0.25) is 0 Å². The first kappa shape index (κ1) is 13.8. The number of furan rings is 1. The SMILES string of the molecule is Cc1ccc(CN(C)Cc2cc(C)c(CN)o2)cc1. The lowest BCUT2D eigenvalue weighted by Crippen LogP contribution is -2.16. The molecule has 19 heavy (non-hydrogen) atoms. The zero-order chi connectivity index (χ0) is 13.8. The molecule has 0 bridgehead atoms. The molecule has 0 amide bonds. The molecule has 0 atom stereocenters. The smallest absolute Gasteiger partial charge is 0.120 e. The van der Waals surface area contributed by atoms with Crippen LogP contribution in [-0.2, 0) is 19.6 Å². The molecule has 1 aromatic heterocycles. The molecule has 0 unspecified atom stereocenters. The normalized spacial score (nSPS) is 11.2. The number of rotatable bonds is 5. The molecule has 0 aliphatic heterocycles. The largest absolute Gasteiger partial charge is 0.463 e. The van der Waals surface area contributed by atoms with E-state index in [1.54, 1.807) is 0 Å². The number of hydrogen-bond donors (Lipinski definition) is 1. The summed E-state index contributed by atoms with van der Waals surface area (Å²) in [5, 5.41) is 0. The molecule has 2 rings (SSSR count). The Morgan fingerprint density at radius 3 is 2.37 bits per heavy atom. The number of hydrogen-bond acceptors (Lipinski definition) is 3. The maximum atomic E-state index is 5.72. The predicted octanol–water partition coefficient (Wildman–Crippen LogP) is 2.99. The highest BCUT2D eigenvalue weighted by atomic mass is 16.3. The van der Waals surface area contributed by atoms with Crippen LogP contribution in [0.5, 0.6) is 0 Å². The second-order valence-corrected chi connectivity index (χ2v) is 5.18. The van der Waals surface area contributed by atoms with Crippen LogP contribution in [0.4, 0.5) is 0 Å². The van der Waals surface area contributed by atoms with Gasteiger partial charge < -0.3 is 10.2 Å². The van der Waals surface area contributed by atoms with E-state index in [9.17, 15) is 0 Å². The van der Waals surface area contributed by atoms with Gasteiger partial charge >= 0.3 is 0 Å². The maximum absolute atomic E-state index is 5.72. The van der Waals surface area contributed by atoms with E-state index >= 15 is 0 Å². The minimum Gasteiger partial charge on any atom is -0.463 e. The second-order valence-electron chi connectivity index (χ2n) is 5.18. The van der Waals surface area contributed by atoms with Gasteiger partial charge in [0.2, 0.25) is 0 Å². The molecule has 0 saturated carbocycles. The van der Waals surface area contributed by atoms with E-state index in [1.807, 2.05) is 6.92 Å². The van der Waals surface area contributed by atoms with Gasteiger partial charge in [-0.1, -0.05) is 29.8 Å². The van der Waals surface area contributed by atoms with Crippen molar-refractivity contribution in [3.05, 3.63) is 58.5 Å². The van der Waals surface area contributed by atoms with Crippen LogP contribution < -0.4 is 5.73 Å². The lowest BCUT2D eigenvalue weighted by Gasteiger charge is -2.15. The van der Waals surface area contributed by atoms with Crippen LogP contribution in [0.3, 0.4) is 0 Å². The third kappa shape index (κ3) is 3.69. The number of nitrogens with zero attached hydrogens (tertiary/aromatic N) is 1. The molecule has 0 spiro atoms. The Morgan fingerprint density at radius 1 is 1.11 bits per heavy atom. The average Bonchev–Trinajstić information content (AvgIpc) is 2.72. The van der Waals surface area contributed by atoms with Gasteiger partial charge in [0.1, 0.15) is 11.5 Å². The Balaban J connectivity index is 1.96. The molecule has 3 nitrogen and oxygen atoms in total. The molecule has 1 heterocycles. The standard InChI is InChI=1S/C16H22N2O/c1-12-4-6-14(7-5-12)10-18(3)11-15-8-13(2)16(9-17)19-15/h4-8H,9-11,17H2,1-3H3. The molecule has 2 aromatic rings. The number of aryl methyl sites for hydroxylation is 2. The molecular weight excluding hydrogens is 236 g/mol. The Morgan fingerprint density at radius 2 is 1.79 bits per heavy atom. The molecule has 0 saturated heterocycles. The average molecular weight is 258 g/mol. The van der Waals surface area contributed by atoms with Crippen molar-refractivity contribution >= 4 is 0 Å². The monoisotopic (exact) mass is 258 g/mol. The fraction of sp³-hybridized carbons (Fsp3) is 0.375. The molecule has 0 radical (unpaired) electrons. The molecule has 0 aliphatic carbocycles. The molecule has 3 heteroatoms. The highest BCUT2D eigenvalue weighted by Gasteiger charge is 2.08. The van der Waals surface area contributed by atoms with E-state index in [0.717, 1.165) is 30.2 Å². The number of benzene rings is 1. The Kier molecular flexibility index (Phi) is 4.40. The van der Waals surface area contributed by atoms with Crippen LogP contribution >= 0.6 is 0 Å². The molecule has 0 fully saturated rings. The first-order valence-electron chi connectivity index (χ1n) is 6.61. The van der Waals surface area contributed by atoms with Crippen LogP contribution in [0.1, 0.15) is 28.2 Å². The van der Waals surface area contributed by atoms with E-state index in [2.05, 4.69) is 49.2 Å². The van der Waals surface area contributed by atoms with E-state index in [0.29, 0.717) is 6.54 Å². The zero-order valence-corrected chi connectivity index (χ0v) is 11.9. The fourth-order valence-corrected chi connectivity index (χ4v) is 2.20. The Labute approximate surface area is 115 Å². The van der Waals surface area contributed by atoms with Crippen molar-refractivity contribution in [1.29, 1.82) is 0 Å². The van der Waals surface area contributed by atoms with Crippen molar-refractivity contribution < 1.29 is 4.42 Å². The first-order valence-corrected chi connectivity index (χ1v) is 6.61. The van der Waals surface area contributed by atoms with Crippen molar-refractivity contribution in [3.8, 4) is 0 Å². The quantitative estimate of drug-likeness (QED) is 0.896. The maximum Gasteiger partial charge on any atom is 0.120 e. The minimum atomic E-state index is 0.466. The topological polar surface area (TPSA) is 42.4 Å². The summed E-state index contributed by atoms with van der Waals surface area (Å²) in [5.74, 6) is 1.87. The van der Waals surface area contributed by atoms with Crippen LogP contribution in [-0.4, -0.2) is 11.9 Å². The van der Waals surface area contributed by atoms with Crippen LogP contribution in [0.15, 0.2) is 34.7 Å². The molecule has 2 N–H and O–H groups in total. The summed E-state index contributed by atoms with van der Waals surface area (Å²) in [6, 6.07) is 10.7. The van der Waals surface area contributed by atoms with Gasteiger partial charge in [-0.3, -0.25) is 4.90 Å². The molecular formula is C16H22N2O.